The van der Waals surface area contributed by atoms with Gasteiger partial charge in [0.1, 0.15) is 11.4 Å². The Hall–Kier alpha value is -2.37. The van der Waals surface area contributed by atoms with Crippen LogP contribution >= 0.6 is 0 Å². The predicted octanol–water partition coefficient (Wildman–Crippen LogP) is 4.70. The Morgan fingerprint density at radius 2 is 1.71 bits per heavy atom. The van der Waals surface area contributed by atoms with Gasteiger partial charge in [0.2, 0.25) is 0 Å². The van der Waals surface area contributed by atoms with Gasteiger partial charge in [-0.05, 0) is 70.2 Å². The Bertz CT molecular complexity index is 779. The number of nitrogens with zero attached hydrogens (tertiary/aromatic N) is 1. The maximum absolute atomic E-state index is 13.4. The zero-order valence-corrected chi connectivity index (χ0v) is 17.0. The molecule has 1 saturated heterocycles. The maximum Gasteiger partial charge on any atom is 0.410 e. The van der Waals surface area contributed by atoms with E-state index in [1.807, 2.05) is 20.8 Å². The average Bonchev–Trinajstić information content (AvgIpc) is 2.90. The summed E-state index contributed by atoms with van der Waals surface area (Å²) in [7, 11) is 0. The summed E-state index contributed by atoms with van der Waals surface area (Å²) < 4.78 is 24.3. The van der Waals surface area contributed by atoms with Gasteiger partial charge in [-0.15, -0.1) is 0 Å². The molecule has 1 aromatic carbocycles. The number of hydrogen-bond acceptors (Lipinski definition) is 4. The van der Waals surface area contributed by atoms with Crippen LogP contribution in [0.3, 0.4) is 0 Å². The van der Waals surface area contributed by atoms with E-state index >= 15 is 0 Å². The fraction of sp³-hybridized carbons (Fsp3) is 0.545. The minimum absolute atomic E-state index is 0.0492. The molecule has 1 aromatic rings. The van der Waals surface area contributed by atoms with E-state index in [-0.39, 0.29) is 36.6 Å². The lowest BCUT2D eigenvalue weighted by Gasteiger charge is -2.31. The van der Waals surface area contributed by atoms with Gasteiger partial charge in [0.25, 0.3) is 0 Å². The first-order chi connectivity index (χ1) is 13.2. The molecule has 1 fully saturated rings. The number of carbonyl (C=O) groups excluding carboxylic acids is 2. The molecule has 28 heavy (non-hydrogen) atoms. The van der Waals surface area contributed by atoms with E-state index in [0.717, 1.165) is 24.0 Å². The van der Waals surface area contributed by atoms with Crippen LogP contribution in [0.4, 0.5) is 9.18 Å². The number of benzene rings is 1. The first-order valence-electron chi connectivity index (χ1n) is 9.86. The summed E-state index contributed by atoms with van der Waals surface area (Å²) in [5.74, 6) is -0.689. The molecule has 5 nitrogen and oxygen atoms in total. The van der Waals surface area contributed by atoms with Crippen LogP contribution < -0.4 is 0 Å². The molecule has 2 atom stereocenters. The van der Waals surface area contributed by atoms with Gasteiger partial charge in [0.15, 0.2) is 0 Å². The lowest BCUT2D eigenvalue weighted by Crippen LogP contribution is -2.43. The highest BCUT2D eigenvalue weighted by Crippen LogP contribution is 2.41. The smallest absolute Gasteiger partial charge is 0.410 e. The molecule has 3 rings (SSSR count). The molecule has 2 heterocycles. The molecule has 6 heteroatoms. The fourth-order valence-corrected chi connectivity index (χ4v) is 4.06. The lowest BCUT2D eigenvalue weighted by atomic mass is 9.89. The third-order valence-corrected chi connectivity index (χ3v) is 5.18. The lowest BCUT2D eigenvalue weighted by molar-refractivity contribution is -0.138. The number of halogens is 1. The minimum Gasteiger partial charge on any atom is -0.463 e. The third kappa shape index (κ3) is 4.37. The number of carbonyl (C=O) groups is 2. The van der Waals surface area contributed by atoms with Crippen molar-refractivity contribution in [2.45, 2.75) is 71.1 Å². The Morgan fingerprint density at radius 3 is 2.29 bits per heavy atom. The van der Waals surface area contributed by atoms with Crippen molar-refractivity contribution in [3.8, 4) is 0 Å². The Kier molecular flexibility index (Phi) is 5.77. The summed E-state index contributed by atoms with van der Waals surface area (Å²) in [6.45, 7) is 7.58. The number of esters is 1. The molecule has 2 bridgehead atoms. The van der Waals surface area contributed by atoms with Crippen molar-refractivity contribution >= 4 is 17.6 Å². The van der Waals surface area contributed by atoms with Crippen molar-refractivity contribution in [3.63, 3.8) is 0 Å². The van der Waals surface area contributed by atoms with Gasteiger partial charge in [-0.25, -0.2) is 14.0 Å². The fourth-order valence-electron chi connectivity index (χ4n) is 4.06. The number of rotatable bonds is 3. The van der Waals surface area contributed by atoms with E-state index in [9.17, 15) is 14.0 Å². The van der Waals surface area contributed by atoms with Crippen LogP contribution in [0.2, 0.25) is 0 Å². The van der Waals surface area contributed by atoms with E-state index in [4.69, 9.17) is 9.47 Å². The summed E-state index contributed by atoms with van der Waals surface area (Å²) >= 11 is 0. The summed E-state index contributed by atoms with van der Waals surface area (Å²) in [6.07, 6.45) is 2.27. The van der Waals surface area contributed by atoms with Gasteiger partial charge >= 0.3 is 12.1 Å². The first kappa shape index (κ1) is 20.4. The maximum atomic E-state index is 13.4. The highest BCUT2D eigenvalue weighted by molar-refractivity contribution is 5.98. The van der Waals surface area contributed by atoms with E-state index < -0.39 is 5.60 Å². The first-order valence-corrected chi connectivity index (χ1v) is 9.86. The van der Waals surface area contributed by atoms with Crippen molar-refractivity contribution in [1.29, 1.82) is 0 Å². The Balaban J connectivity index is 1.97. The number of amides is 1. The molecular formula is C22H28FNO4. The zero-order chi connectivity index (χ0) is 20.5. The van der Waals surface area contributed by atoms with Crippen molar-refractivity contribution in [2.24, 2.45) is 0 Å². The highest BCUT2D eigenvalue weighted by Gasteiger charge is 2.43. The standard InChI is InChI=1S/C22H28FNO4/c1-5-27-20(25)19-13-17-11-10-16(24(17)21(26)28-22(2,3)4)12-18(19)14-6-8-15(23)9-7-14/h6-9,16-17H,5,10-13H2,1-4H3. The Labute approximate surface area is 165 Å². The summed E-state index contributed by atoms with van der Waals surface area (Å²) in [4.78, 5) is 27.3. The molecule has 0 aromatic heterocycles. The van der Waals surface area contributed by atoms with Crippen molar-refractivity contribution in [1.82, 2.24) is 4.90 Å². The molecule has 0 spiro atoms. The Morgan fingerprint density at radius 1 is 1.11 bits per heavy atom. The van der Waals surface area contributed by atoms with Gasteiger partial charge in [-0.1, -0.05) is 12.1 Å². The molecule has 2 aliphatic heterocycles. The summed E-state index contributed by atoms with van der Waals surface area (Å²) in [5, 5.41) is 0. The largest absolute Gasteiger partial charge is 0.463 e. The normalized spacial score (nSPS) is 22.1. The summed E-state index contributed by atoms with van der Waals surface area (Å²) in [5.41, 5.74) is 1.62. The van der Waals surface area contributed by atoms with Crippen molar-refractivity contribution in [2.75, 3.05) is 6.61 Å². The quantitative estimate of drug-likeness (QED) is 0.703. The monoisotopic (exact) mass is 389 g/mol. The molecule has 152 valence electrons. The van der Waals surface area contributed by atoms with Crippen LogP contribution in [0, 0.1) is 5.82 Å². The molecule has 2 unspecified atom stereocenters. The molecular weight excluding hydrogens is 361 g/mol. The van der Waals surface area contributed by atoms with E-state index in [2.05, 4.69) is 0 Å². The molecule has 2 aliphatic rings. The minimum atomic E-state index is -0.583. The number of hydrogen-bond donors (Lipinski definition) is 0. The van der Waals surface area contributed by atoms with Crippen LogP contribution in [0.15, 0.2) is 29.8 Å². The average molecular weight is 389 g/mol. The molecule has 0 saturated carbocycles. The second-order valence-electron chi connectivity index (χ2n) is 8.37. The third-order valence-electron chi connectivity index (χ3n) is 5.18. The van der Waals surface area contributed by atoms with Crippen LogP contribution in [0.25, 0.3) is 5.57 Å². The molecule has 0 aliphatic carbocycles. The zero-order valence-electron chi connectivity index (χ0n) is 17.0. The number of fused-ring (bicyclic) bond motifs is 2. The summed E-state index contributed by atoms with van der Waals surface area (Å²) in [6, 6.07) is 5.99. The van der Waals surface area contributed by atoms with Gasteiger partial charge < -0.3 is 14.4 Å². The topological polar surface area (TPSA) is 55.8 Å². The van der Waals surface area contributed by atoms with Gasteiger partial charge in [-0.2, -0.15) is 0 Å². The van der Waals surface area contributed by atoms with Crippen LogP contribution in [0.5, 0.6) is 0 Å². The van der Waals surface area contributed by atoms with E-state index in [0.29, 0.717) is 18.4 Å². The van der Waals surface area contributed by atoms with Crippen LogP contribution in [-0.2, 0) is 14.3 Å². The SMILES string of the molecule is CCOC(=O)C1=C(c2ccc(F)cc2)CC2CCC(C1)N2C(=O)OC(C)(C)C. The second kappa shape index (κ2) is 7.94. The van der Waals surface area contributed by atoms with Crippen molar-refractivity contribution < 1.29 is 23.5 Å². The van der Waals surface area contributed by atoms with E-state index in [1.54, 1.807) is 24.0 Å². The van der Waals surface area contributed by atoms with Crippen LogP contribution in [-0.4, -0.2) is 41.3 Å². The number of ether oxygens (including phenoxy) is 2. The molecule has 1 amide bonds. The second-order valence-corrected chi connectivity index (χ2v) is 8.37. The van der Waals surface area contributed by atoms with Crippen molar-refractivity contribution in [3.05, 3.63) is 41.2 Å². The molecule has 0 radical (unpaired) electrons. The van der Waals surface area contributed by atoms with Crippen LogP contribution in [0.1, 0.15) is 58.9 Å². The highest BCUT2D eigenvalue weighted by atomic mass is 19.1. The van der Waals surface area contributed by atoms with Gasteiger partial charge in [0.05, 0.1) is 6.61 Å². The van der Waals surface area contributed by atoms with Gasteiger partial charge in [0, 0.05) is 24.1 Å². The van der Waals surface area contributed by atoms with Gasteiger partial charge in [-0.3, -0.25) is 0 Å². The predicted molar refractivity (Wildman–Crippen MR) is 104 cm³/mol. The van der Waals surface area contributed by atoms with E-state index in [1.165, 1.54) is 12.1 Å². The molecule has 0 N–H and O–H groups in total.